The lowest BCUT2D eigenvalue weighted by Crippen LogP contribution is -2.13. The number of nitrogens with one attached hydrogen (secondary N) is 1. The molecule has 0 aliphatic rings. The fourth-order valence-corrected chi connectivity index (χ4v) is 2.08. The first-order chi connectivity index (χ1) is 9.52. The number of nitrogens with zero attached hydrogens (tertiary/aromatic N) is 2. The highest BCUT2D eigenvalue weighted by atomic mass is 16.3. The molecule has 0 atom stereocenters. The molecule has 6 heteroatoms. The maximum atomic E-state index is 12.2. The van der Waals surface area contributed by atoms with Gasteiger partial charge in [-0.05, 0) is 31.2 Å². The van der Waals surface area contributed by atoms with Crippen LogP contribution >= 0.6 is 0 Å². The van der Waals surface area contributed by atoms with Gasteiger partial charge in [0, 0.05) is 24.2 Å². The fourth-order valence-electron chi connectivity index (χ4n) is 2.08. The number of aryl methyl sites for hydroxylation is 2. The molecule has 0 unspecified atom stereocenters. The summed E-state index contributed by atoms with van der Waals surface area (Å²) in [5, 5.41) is 7.73. The van der Waals surface area contributed by atoms with E-state index in [1.165, 1.54) is 0 Å². The number of nitrogen functional groups attached to an aromatic ring is 1. The summed E-state index contributed by atoms with van der Waals surface area (Å²) < 4.78 is 7.11. The van der Waals surface area contributed by atoms with Crippen LogP contribution in [0, 0.1) is 6.92 Å². The Morgan fingerprint density at radius 1 is 1.35 bits per heavy atom. The molecular formula is C14H14N4O2. The van der Waals surface area contributed by atoms with E-state index in [1.54, 1.807) is 42.1 Å². The third kappa shape index (κ3) is 2.11. The normalized spacial score (nSPS) is 10.9. The van der Waals surface area contributed by atoms with E-state index in [4.69, 9.17) is 10.2 Å². The zero-order valence-corrected chi connectivity index (χ0v) is 11.2. The third-order valence-electron chi connectivity index (χ3n) is 3.01. The number of amides is 1. The molecule has 2 aromatic heterocycles. The maximum Gasteiger partial charge on any atom is 0.292 e. The number of nitrogens with two attached hydrogens (primary N) is 1. The molecule has 3 rings (SSSR count). The Morgan fingerprint density at radius 3 is 2.85 bits per heavy atom. The second-order valence-corrected chi connectivity index (χ2v) is 4.66. The highest BCUT2D eigenvalue weighted by Crippen LogP contribution is 2.22. The van der Waals surface area contributed by atoms with Crippen molar-refractivity contribution in [1.82, 2.24) is 9.78 Å². The number of rotatable bonds is 2. The van der Waals surface area contributed by atoms with Crippen molar-refractivity contribution in [2.24, 2.45) is 7.05 Å². The van der Waals surface area contributed by atoms with E-state index in [0.29, 0.717) is 17.1 Å². The predicted molar refractivity (Wildman–Crippen MR) is 76.5 cm³/mol. The molecule has 0 radical (unpaired) electrons. The van der Waals surface area contributed by atoms with Crippen molar-refractivity contribution in [2.45, 2.75) is 6.92 Å². The van der Waals surface area contributed by atoms with Crippen LogP contribution in [0.3, 0.4) is 0 Å². The summed E-state index contributed by atoms with van der Waals surface area (Å²) in [4.78, 5) is 12.2. The molecule has 1 amide bonds. The van der Waals surface area contributed by atoms with E-state index >= 15 is 0 Å². The van der Waals surface area contributed by atoms with Gasteiger partial charge in [0.05, 0.1) is 5.69 Å². The molecule has 6 nitrogen and oxygen atoms in total. The van der Waals surface area contributed by atoms with Gasteiger partial charge in [0.25, 0.3) is 5.91 Å². The first kappa shape index (κ1) is 12.3. The molecular weight excluding hydrogens is 256 g/mol. The number of fused-ring (bicyclic) bond motifs is 1. The minimum atomic E-state index is -0.317. The van der Waals surface area contributed by atoms with Crippen molar-refractivity contribution in [1.29, 1.82) is 0 Å². The van der Waals surface area contributed by atoms with Gasteiger partial charge in [-0.3, -0.25) is 9.48 Å². The second kappa shape index (κ2) is 4.41. The maximum absolute atomic E-state index is 12.2. The number of carbonyl (C=O) groups excluding carboxylic acids is 1. The SMILES string of the molecule is Cc1cc(NC(=O)c2cc3cc(N)ccc3o2)n(C)n1. The van der Waals surface area contributed by atoms with Crippen LogP contribution in [0.4, 0.5) is 11.5 Å². The standard InChI is InChI=1S/C14H14N4O2/c1-8-5-13(18(2)17-8)16-14(19)12-7-9-6-10(15)3-4-11(9)20-12/h3-7H,15H2,1-2H3,(H,16,19). The van der Waals surface area contributed by atoms with Gasteiger partial charge in [-0.15, -0.1) is 0 Å². The van der Waals surface area contributed by atoms with Crippen LogP contribution in [0.5, 0.6) is 0 Å². The molecule has 102 valence electrons. The number of aromatic nitrogens is 2. The summed E-state index contributed by atoms with van der Waals surface area (Å²) in [6.07, 6.45) is 0. The Balaban J connectivity index is 1.90. The van der Waals surface area contributed by atoms with Gasteiger partial charge in [0.1, 0.15) is 11.4 Å². The number of furan rings is 1. The van der Waals surface area contributed by atoms with E-state index in [0.717, 1.165) is 11.1 Å². The van der Waals surface area contributed by atoms with Gasteiger partial charge in [-0.2, -0.15) is 5.10 Å². The van der Waals surface area contributed by atoms with Crippen molar-refractivity contribution in [3.05, 3.63) is 41.8 Å². The summed E-state index contributed by atoms with van der Waals surface area (Å²) in [6.45, 7) is 1.86. The monoisotopic (exact) mass is 270 g/mol. The molecule has 0 saturated heterocycles. The van der Waals surface area contributed by atoms with Crippen molar-refractivity contribution in [3.8, 4) is 0 Å². The Morgan fingerprint density at radius 2 is 2.15 bits per heavy atom. The first-order valence-corrected chi connectivity index (χ1v) is 6.14. The molecule has 0 spiro atoms. The van der Waals surface area contributed by atoms with Crippen molar-refractivity contribution >= 4 is 28.4 Å². The molecule has 0 fully saturated rings. The average Bonchev–Trinajstić information content (AvgIpc) is 2.92. The van der Waals surface area contributed by atoms with Crippen LogP contribution in [0.25, 0.3) is 11.0 Å². The summed E-state index contributed by atoms with van der Waals surface area (Å²) in [5.41, 5.74) is 7.80. The highest BCUT2D eigenvalue weighted by molar-refractivity contribution is 6.04. The number of benzene rings is 1. The van der Waals surface area contributed by atoms with E-state index in [1.807, 2.05) is 6.92 Å². The van der Waals surface area contributed by atoms with Crippen LogP contribution in [-0.4, -0.2) is 15.7 Å². The van der Waals surface area contributed by atoms with Gasteiger partial charge >= 0.3 is 0 Å². The van der Waals surface area contributed by atoms with Crippen LogP contribution in [0.2, 0.25) is 0 Å². The smallest absolute Gasteiger partial charge is 0.292 e. The quantitative estimate of drug-likeness (QED) is 0.700. The minimum Gasteiger partial charge on any atom is -0.451 e. The molecule has 0 aliphatic carbocycles. The summed E-state index contributed by atoms with van der Waals surface area (Å²) in [7, 11) is 1.77. The van der Waals surface area contributed by atoms with Crippen molar-refractivity contribution in [2.75, 3.05) is 11.1 Å². The first-order valence-electron chi connectivity index (χ1n) is 6.14. The van der Waals surface area contributed by atoms with Gasteiger partial charge in [-0.25, -0.2) is 0 Å². The number of hydrogen-bond acceptors (Lipinski definition) is 4. The second-order valence-electron chi connectivity index (χ2n) is 4.66. The van der Waals surface area contributed by atoms with E-state index in [9.17, 15) is 4.79 Å². The third-order valence-corrected chi connectivity index (χ3v) is 3.01. The summed E-state index contributed by atoms with van der Waals surface area (Å²) in [6, 6.07) is 8.71. The highest BCUT2D eigenvalue weighted by Gasteiger charge is 2.14. The molecule has 0 aliphatic heterocycles. The van der Waals surface area contributed by atoms with Gasteiger partial charge in [0.15, 0.2) is 5.76 Å². The van der Waals surface area contributed by atoms with Crippen molar-refractivity contribution < 1.29 is 9.21 Å². The Bertz CT molecular complexity index is 801. The predicted octanol–water partition coefficient (Wildman–Crippen LogP) is 2.31. The van der Waals surface area contributed by atoms with Gasteiger partial charge < -0.3 is 15.5 Å². The Labute approximate surface area is 115 Å². The van der Waals surface area contributed by atoms with Crippen molar-refractivity contribution in [3.63, 3.8) is 0 Å². The van der Waals surface area contributed by atoms with E-state index < -0.39 is 0 Å². The average molecular weight is 270 g/mol. The molecule has 3 N–H and O–H groups in total. The van der Waals surface area contributed by atoms with Crippen LogP contribution in [-0.2, 0) is 7.05 Å². The Kier molecular flexibility index (Phi) is 2.71. The number of hydrogen-bond donors (Lipinski definition) is 2. The lowest BCUT2D eigenvalue weighted by Gasteiger charge is -2.02. The molecule has 2 heterocycles. The fraction of sp³-hybridized carbons (Fsp3) is 0.143. The Hall–Kier alpha value is -2.76. The molecule has 0 bridgehead atoms. The largest absolute Gasteiger partial charge is 0.451 e. The number of anilines is 2. The lowest BCUT2D eigenvalue weighted by molar-refractivity contribution is 0.0998. The molecule has 20 heavy (non-hydrogen) atoms. The van der Waals surface area contributed by atoms with Crippen LogP contribution < -0.4 is 11.1 Å². The van der Waals surface area contributed by atoms with E-state index in [2.05, 4.69) is 10.4 Å². The topological polar surface area (TPSA) is 86.1 Å². The number of carbonyl (C=O) groups is 1. The van der Waals surface area contributed by atoms with Gasteiger partial charge in [-0.1, -0.05) is 0 Å². The van der Waals surface area contributed by atoms with Crippen LogP contribution in [0.15, 0.2) is 34.7 Å². The van der Waals surface area contributed by atoms with Crippen LogP contribution in [0.1, 0.15) is 16.2 Å². The van der Waals surface area contributed by atoms with Gasteiger partial charge in [0.2, 0.25) is 0 Å². The zero-order chi connectivity index (χ0) is 14.3. The molecule has 3 aromatic rings. The molecule has 0 saturated carbocycles. The lowest BCUT2D eigenvalue weighted by atomic mass is 10.2. The summed E-state index contributed by atoms with van der Waals surface area (Å²) >= 11 is 0. The molecule has 1 aromatic carbocycles. The summed E-state index contributed by atoms with van der Waals surface area (Å²) in [5.74, 6) is 0.541. The van der Waals surface area contributed by atoms with E-state index in [-0.39, 0.29) is 11.7 Å². The zero-order valence-electron chi connectivity index (χ0n) is 11.2. The minimum absolute atomic E-state index is 0.240.